The molecule has 0 unspecified atom stereocenters. The summed E-state index contributed by atoms with van der Waals surface area (Å²) < 4.78 is 37.9. The number of ether oxygens (including phenoxy) is 2. The first-order chi connectivity index (χ1) is 13.8. The molecule has 0 saturated carbocycles. The molecule has 0 aliphatic carbocycles. The van der Waals surface area contributed by atoms with Crippen LogP contribution in [0.4, 0.5) is 5.69 Å². The zero-order valence-corrected chi connectivity index (χ0v) is 17.5. The van der Waals surface area contributed by atoms with E-state index in [2.05, 4.69) is 19.2 Å². The number of anilines is 1. The number of hydrogen-bond acceptors (Lipinski definition) is 6. The second kappa shape index (κ2) is 9.10. The van der Waals surface area contributed by atoms with Crippen LogP contribution in [-0.4, -0.2) is 70.5 Å². The second-order valence-corrected chi connectivity index (χ2v) is 9.38. The maximum atomic E-state index is 12.9. The third-order valence-electron chi connectivity index (χ3n) is 4.83. The van der Waals surface area contributed by atoms with E-state index in [4.69, 9.17) is 9.47 Å². The molecular formula is C19H27N3O6S. The first-order valence-corrected chi connectivity index (χ1v) is 11.1. The molecule has 29 heavy (non-hydrogen) atoms. The van der Waals surface area contributed by atoms with Crippen molar-refractivity contribution in [3.05, 3.63) is 18.2 Å². The van der Waals surface area contributed by atoms with E-state index >= 15 is 0 Å². The average Bonchev–Trinajstić information content (AvgIpc) is 2.70. The first kappa shape index (κ1) is 21.5. The van der Waals surface area contributed by atoms with Crippen molar-refractivity contribution >= 4 is 27.5 Å². The van der Waals surface area contributed by atoms with Gasteiger partial charge in [0.05, 0.1) is 23.8 Å². The Hall–Kier alpha value is -2.17. The number of fused-ring (bicyclic) bond motifs is 1. The SMILES string of the molecule is CC(C)CCNC(=O)CN1C(=O)COc2ccc(S(=O)(=O)N3CCOCC3)cc21. The summed E-state index contributed by atoms with van der Waals surface area (Å²) >= 11 is 0. The Labute approximate surface area is 171 Å². The Morgan fingerprint density at radius 3 is 2.66 bits per heavy atom. The number of amides is 2. The van der Waals surface area contributed by atoms with Crippen LogP contribution in [0.5, 0.6) is 5.75 Å². The molecule has 9 nitrogen and oxygen atoms in total. The quantitative estimate of drug-likeness (QED) is 0.686. The predicted octanol–water partition coefficient (Wildman–Crippen LogP) is 0.595. The predicted molar refractivity (Wildman–Crippen MR) is 106 cm³/mol. The lowest BCUT2D eigenvalue weighted by atomic mass is 10.1. The number of carbonyl (C=O) groups excluding carboxylic acids is 2. The Morgan fingerprint density at radius 2 is 1.97 bits per heavy atom. The summed E-state index contributed by atoms with van der Waals surface area (Å²) in [6.45, 7) is 5.49. The van der Waals surface area contributed by atoms with Crippen molar-refractivity contribution in [2.24, 2.45) is 5.92 Å². The molecule has 0 atom stereocenters. The van der Waals surface area contributed by atoms with Crippen molar-refractivity contribution in [1.29, 1.82) is 0 Å². The van der Waals surface area contributed by atoms with Crippen molar-refractivity contribution in [2.45, 2.75) is 25.2 Å². The van der Waals surface area contributed by atoms with Gasteiger partial charge in [-0.2, -0.15) is 4.31 Å². The van der Waals surface area contributed by atoms with Crippen molar-refractivity contribution in [3.63, 3.8) is 0 Å². The topological polar surface area (TPSA) is 105 Å². The van der Waals surface area contributed by atoms with Gasteiger partial charge >= 0.3 is 0 Å². The third-order valence-corrected chi connectivity index (χ3v) is 6.72. The zero-order chi connectivity index (χ0) is 21.0. The largest absolute Gasteiger partial charge is 0.482 e. The zero-order valence-electron chi connectivity index (χ0n) is 16.7. The summed E-state index contributed by atoms with van der Waals surface area (Å²) in [4.78, 5) is 26.0. The number of nitrogens with zero attached hydrogens (tertiary/aromatic N) is 2. The van der Waals surface area contributed by atoms with Crippen LogP contribution >= 0.6 is 0 Å². The van der Waals surface area contributed by atoms with E-state index in [1.54, 1.807) is 0 Å². The van der Waals surface area contributed by atoms with E-state index in [9.17, 15) is 18.0 Å². The molecule has 0 bridgehead atoms. The van der Waals surface area contributed by atoms with Crippen molar-refractivity contribution in [3.8, 4) is 5.75 Å². The molecule has 1 N–H and O–H groups in total. The summed E-state index contributed by atoms with van der Waals surface area (Å²) in [5.41, 5.74) is 0.287. The van der Waals surface area contributed by atoms with Crippen LogP contribution in [0.15, 0.2) is 23.1 Å². The Bertz CT molecular complexity index is 865. The van der Waals surface area contributed by atoms with Gasteiger partial charge in [0, 0.05) is 19.6 Å². The maximum absolute atomic E-state index is 12.9. The lowest BCUT2D eigenvalue weighted by molar-refractivity contribution is -0.125. The molecule has 1 saturated heterocycles. The Morgan fingerprint density at radius 1 is 1.24 bits per heavy atom. The minimum atomic E-state index is -3.73. The van der Waals surface area contributed by atoms with Gasteiger partial charge in [-0.15, -0.1) is 0 Å². The molecule has 2 aliphatic rings. The van der Waals surface area contributed by atoms with Gasteiger partial charge in [0.1, 0.15) is 12.3 Å². The van der Waals surface area contributed by atoms with Crippen LogP contribution in [0.25, 0.3) is 0 Å². The fraction of sp³-hybridized carbons (Fsp3) is 0.579. The molecule has 2 aliphatic heterocycles. The molecular weight excluding hydrogens is 398 g/mol. The molecule has 2 amide bonds. The molecule has 0 aromatic heterocycles. The average molecular weight is 426 g/mol. The van der Waals surface area contributed by atoms with E-state index < -0.39 is 15.9 Å². The fourth-order valence-corrected chi connectivity index (χ4v) is 4.58. The third kappa shape index (κ3) is 5.06. The molecule has 1 aromatic rings. The number of morpholine rings is 1. The molecule has 0 spiro atoms. The lowest BCUT2D eigenvalue weighted by Gasteiger charge is -2.30. The van der Waals surface area contributed by atoms with E-state index in [1.165, 1.54) is 27.4 Å². The van der Waals surface area contributed by atoms with Gasteiger partial charge < -0.3 is 14.8 Å². The summed E-state index contributed by atoms with van der Waals surface area (Å²) in [7, 11) is -3.73. The van der Waals surface area contributed by atoms with Crippen LogP contribution in [0.2, 0.25) is 0 Å². The van der Waals surface area contributed by atoms with Gasteiger partial charge in [-0.25, -0.2) is 8.42 Å². The number of sulfonamides is 1. The van der Waals surface area contributed by atoms with E-state index in [1.807, 2.05) is 0 Å². The summed E-state index contributed by atoms with van der Waals surface area (Å²) in [5.74, 6) is 0.139. The lowest BCUT2D eigenvalue weighted by Crippen LogP contribution is -2.45. The molecule has 1 fully saturated rings. The second-order valence-electron chi connectivity index (χ2n) is 7.45. The smallest absolute Gasteiger partial charge is 0.265 e. The van der Waals surface area contributed by atoms with Gasteiger partial charge in [-0.1, -0.05) is 13.8 Å². The van der Waals surface area contributed by atoms with Gasteiger partial charge in [0.25, 0.3) is 5.91 Å². The number of benzene rings is 1. The number of nitrogens with one attached hydrogen (secondary N) is 1. The Kier molecular flexibility index (Phi) is 6.76. The molecule has 10 heteroatoms. The van der Waals surface area contributed by atoms with Crippen LogP contribution in [-0.2, 0) is 24.3 Å². The van der Waals surface area contributed by atoms with Crippen LogP contribution in [0, 0.1) is 5.92 Å². The Balaban J connectivity index is 1.81. The highest BCUT2D eigenvalue weighted by atomic mass is 32.2. The summed E-state index contributed by atoms with van der Waals surface area (Å²) in [6, 6.07) is 4.39. The number of rotatable bonds is 7. The summed E-state index contributed by atoms with van der Waals surface area (Å²) in [6.07, 6.45) is 0.835. The van der Waals surface area contributed by atoms with Gasteiger partial charge in [-0.3, -0.25) is 14.5 Å². The van der Waals surface area contributed by atoms with E-state index in [0.717, 1.165) is 6.42 Å². The van der Waals surface area contributed by atoms with Crippen LogP contribution in [0.1, 0.15) is 20.3 Å². The van der Waals surface area contributed by atoms with Crippen molar-refractivity contribution < 1.29 is 27.5 Å². The highest BCUT2D eigenvalue weighted by Gasteiger charge is 2.31. The molecule has 160 valence electrons. The first-order valence-electron chi connectivity index (χ1n) is 9.71. The molecule has 3 rings (SSSR count). The van der Waals surface area contributed by atoms with Crippen LogP contribution < -0.4 is 15.0 Å². The highest BCUT2D eigenvalue weighted by molar-refractivity contribution is 7.89. The molecule has 2 heterocycles. The summed E-state index contributed by atoms with van der Waals surface area (Å²) in [5, 5.41) is 2.80. The number of carbonyl (C=O) groups is 2. The number of hydrogen-bond donors (Lipinski definition) is 1. The van der Waals surface area contributed by atoms with E-state index in [-0.39, 0.29) is 42.7 Å². The minimum Gasteiger partial charge on any atom is -0.482 e. The van der Waals surface area contributed by atoms with Gasteiger partial charge in [0.15, 0.2) is 6.61 Å². The maximum Gasteiger partial charge on any atom is 0.265 e. The minimum absolute atomic E-state index is 0.0571. The fourth-order valence-electron chi connectivity index (χ4n) is 3.15. The van der Waals surface area contributed by atoms with Crippen LogP contribution in [0.3, 0.4) is 0 Å². The normalized spacial score (nSPS) is 17.8. The van der Waals surface area contributed by atoms with Gasteiger partial charge in [0.2, 0.25) is 15.9 Å². The van der Waals surface area contributed by atoms with Crippen molar-refractivity contribution in [1.82, 2.24) is 9.62 Å². The van der Waals surface area contributed by atoms with Crippen molar-refractivity contribution in [2.75, 3.05) is 50.9 Å². The monoisotopic (exact) mass is 425 g/mol. The molecule has 1 aromatic carbocycles. The standard InChI is InChI=1S/C19H27N3O6S/c1-14(2)5-6-20-18(23)12-22-16-11-15(3-4-17(16)28-13-19(22)24)29(25,26)21-7-9-27-10-8-21/h3-4,11,14H,5-10,12-13H2,1-2H3,(H,20,23). The van der Waals surface area contributed by atoms with Gasteiger partial charge in [-0.05, 0) is 30.5 Å². The van der Waals surface area contributed by atoms with E-state index in [0.29, 0.717) is 31.4 Å². The highest BCUT2D eigenvalue weighted by Crippen LogP contribution is 2.35. The molecule has 0 radical (unpaired) electrons.